The van der Waals surface area contributed by atoms with Gasteiger partial charge in [0.1, 0.15) is 12.4 Å². The summed E-state index contributed by atoms with van der Waals surface area (Å²) in [7, 11) is 1.55. The monoisotopic (exact) mass is 389 g/mol. The second kappa shape index (κ2) is 9.03. The van der Waals surface area contributed by atoms with Gasteiger partial charge in [-0.2, -0.15) is 0 Å². The molecule has 0 radical (unpaired) electrons. The van der Waals surface area contributed by atoms with Crippen molar-refractivity contribution in [3.8, 4) is 11.5 Å². The van der Waals surface area contributed by atoms with Gasteiger partial charge in [-0.3, -0.25) is 9.69 Å². The molecular formula is C21H24FNO5. The third-order valence-corrected chi connectivity index (χ3v) is 4.90. The highest BCUT2D eigenvalue weighted by atomic mass is 19.1. The van der Waals surface area contributed by atoms with Crippen molar-refractivity contribution in [3.05, 3.63) is 59.4 Å². The van der Waals surface area contributed by atoms with E-state index in [1.165, 1.54) is 12.1 Å². The van der Waals surface area contributed by atoms with Gasteiger partial charge in [0.05, 0.1) is 19.1 Å². The van der Waals surface area contributed by atoms with Crippen molar-refractivity contribution in [2.75, 3.05) is 20.2 Å². The summed E-state index contributed by atoms with van der Waals surface area (Å²) in [5.41, 5.74) is 1.65. The second-order valence-corrected chi connectivity index (χ2v) is 6.94. The van der Waals surface area contributed by atoms with Crippen LogP contribution >= 0.6 is 0 Å². The molecule has 150 valence electrons. The van der Waals surface area contributed by atoms with E-state index in [-0.39, 0.29) is 12.4 Å². The lowest BCUT2D eigenvalue weighted by Gasteiger charge is -2.34. The zero-order chi connectivity index (χ0) is 20.1. The van der Waals surface area contributed by atoms with Gasteiger partial charge < -0.3 is 19.7 Å². The van der Waals surface area contributed by atoms with Crippen LogP contribution in [0.4, 0.5) is 4.39 Å². The first-order valence-electron chi connectivity index (χ1n) is 9.13. The second-order valence-electron chi connectivity index (χ2n) is 6.94. The zero-order valence-corrected chi connectivity index (χ0v) is 15.7. The molecule has 2 aromatic carbocycles. The highest BCUT2D eigenvalue weighted by Crippen LogP contribution is 2.30. The van der Waals surface area contributed by atoms with Crippen molar-refractivity contribution >= 4 is 5.97 Å². The molecule has 1 aliphatic rings. The molecule has 3 rings (SSSR count). The number of nitrogens with zero attached hydrogens (tertiary/aromatic N) is 1. The Morgan fingerprint density at radius 2 is 2.04 bits per heavy atom. The maximum atomic E-state index is 13.3. The van der Waals surface area contributed by atoms with E-state index in [4.69, 9.17) is 9.47 Å². The predicted molar refractivity (Wildman–Crippen MR) is 101 cm³/mol. The summed E-state index contributed by atoms with van der Waals surface area (Å²) < 4.78 is 24.5. The molecule has 7 heteroatoms. The van der Waals surface area contributed by atoms with Crippen molar-refractivity contribution in [2.24, 2.45) is 5.92 Å². The number of benzene rings is 2. The van der Waals surface area contributed by atoms with Gasteiger partial charge in [-0.25, -0.2) is 4.39 Å². The van der Waals surface area contributed by atoms with Crippen LogP contribution in [-0.2, 0) is 17.9 Å². The predicted octanol–water partition coefficient (Wildman–Crippen LogP) is 2.68. The first kappa shape index (κ1) is 20.1. The van der Waals surface area contributed by atoms with Crippen molar-refractivity contribution in [2.45, 2.75) is 25.7 Å². The topological polar surface area (TPSA) is 79.2 Å². The number of aliphatic hydroxyl groups is 1. The molecule has 2 unspecified atom stereocenters. The van der Waals surface area contributed by atoms with E-state index in [1.54, 1.807) is 25.3 Å². The van der Waals surface area contributed by atoms with Gasteiger partial charge in [-0.1, -0.05) is 18.2 Å². The van der Waals surface area contributed by atoms with E-state index in [1.807, 2.05) is 17.0 Å². The van der Waals surface area contributed by atoms with Crippen molar-refractivity contribution in [1.82, 2.24) is 4.90 Å². The molecule has 28 heavy (non-hydrogen) atoms. The van der Waals surface area contributed by atoms with Gasteiger partial charge in [0.25, 0.3) is 0 Å². The molecule has 0 saturated carbocycles. The summed E-state index contributed by atoms with van der Waals surface area (Å²) in [6.07, 6.45) is -0.384. The van der Waals surface area contributed by atoms with E-state index in [9.17, 15) is 19.4 Å². The minimum atomic E-state index is -0.981. The summed E-state index contributed by atoms with van der Waals surface area (Å²) in [5.74, 6) is -0.974. The number of carboxylic acid groups (broad SMARTS) is 1. The molecule has 1 heterocycles. The van der Waals surface area contributed by atoms with Crippen LogP contribution in [0.5, 0.6) is 11.5 Å². The van der Waals surface area contributed by atoms with E-state index in [2.05, 4.69) is 0 Å². The number of piperidine rings is 1. The van der Waals surface area contributed by atoms with Crippen molar-refractivity contribution in [3.63, 3.8) is 0 Å². The van der Waals surface area contributed by atoms with Crippen LogP contribution in [0.3, 0.4) is 0 Å². The normalized spacial score (nSPS) is 20.0. The lowest BCUT2D eigenvalue weighted by Crippen LogP contribution is -2.46. The maximum absolute atomic E-state index is 13.3. The van der Waals surface area contributed by atoms with Crippen molar-refractivity contribution in [1.29, 1.82) is 0 Å². The number of methoxy groups -OCH3 is 1. The minimum Gasteiger partial charge on any atom is -0.493 e. The Labute approximate surface area is 163 Å². The summed E-state index contributed by atoms with van der Waals surface area (Å²) in [5, 5.41) is 19.1. The minimum absolute atomic E-state index is 0.203. The molecule has 2 N–H and O–H groups in total. The molecule has 1 saturated heterocycles. The molecule has 2 atom stereocenters. The number of carboxylic acids is 1. The van der Waals surface area contributed by atoms with Crippen LogP contribution in [0, 0.1) is 11.7 Å². The molecular weight excluding hydrogens is 365 g/mol. The Bertz CT molecular complexity index is 828. The van der Waals surface area contributed by atoms with E-state index >= 15 is 0 Å². The maximum Gasteiger partial charge on any atom is 0.310 e. The number of carbonyl (C=O) groups is 1. The third kappa shape index (κ3) is 4.99. The average molecular weight is 389 g/mol. The van der Waals surface area contributed by atoms with E-state index in [0.717, 1.165) is 5.56 Å². The number of halogens is 1. The highest BCUT2D eigenvalue weighted by molar-refractivity contribution is 5.71. The van der Waals surface area contributed by atoms with E-state index in [0.29, 0.717) is 43.1 Å². The zero-order valence-electron chi connectivity index (χ0n) is 15.7. The van der Waals surface area contributed by atoms with E-state index < -0.39 is 18.0 Å². The van der Waals surface area contributed by atoms with Gasteiger partial charge in [0.15, 0.2) is 11.5 Å². The molecule has 0 aromatic heterocycles. The number of aliphatic carboxylic acids is 1. The fraction of sp³-hybridized carbons (Fsp3) is 0.381. The quantitative estimate of drug-likeness (QED) is 0.758. The van der Waals surface area contributed by atoms with Crippen LogP contribution in [0.15, 0.2) is 42.5 Å². The smallest absolute Gasteiger partial charge is 0.310 e. The largest absolute Gasteiger partial charge is 0.493 e. The Morgan fingerprint density at radius 1 is 1.21 bits per heavy atom. The van der Waals surface area contributed by atoms with Gasteiger partial charge >= 0.3 is 5.97 Å². The number of hydrogen-bond donors (Lipinski definition) is 2. The summed E-state index contributed by atoms with van der Waals surface area (Å²) in [4.78, 5) is 13.3. The highest BCUT2D eigenvalue weighted by Gasteiger charge is 2.33. The molecule has 6 nitrogen and oxygen atoms in total. The number of ether oxygens (including phenoxy) is 2. The number of aliphatic hydroxyl groups excluding tert-OH is 1. The van der Waals surface area contributed by atoms with Gasteiger partial charge in [-0.05, 0) is 41.8 Å². The molecule has 0 spiro atoms. The molecule has 2 aromatic rings. The summed E-state index contributed by atoms with van der Waals surface area (Å²) in [6.45, 7) is 1.66. The van der Waals surface area contributed by atoms with Crippen LogP contribution in [0.2, 0.25) is 0 Å². The van der Waals surface area contributed by atoms with Gasteiger partial charge in [-0.15, -0.1) is 0 Å². The van der Waals surface area contributed by atoms with Crippen molar-refractivity contribution < 1.29 is 28.9 Å². The van der Waals surface area contributed by atoms with Crippen LogP contribution < -0.4 is 9.47 Å². The third-order valence-electron chi connectivity index (χ3n) is 4.90. The average Bonchev–Trinajstić information content (AvgIpc) is 2.68. The molecule has 0 bridgehead atoms. The lowest BCUT2D eigenvalue weighted by atomic mass is 9.94. The SMILES string of the molecule is COc1ccc(CN2CCC(O)C(C(=O)O)C2)cc1OCc1cccc(F)c1. The van der Waals surface area contributed by atoms with Crippen LogP contribution in [0.25, 0.3) is 0 Å². The standard InChI is InChI=1S/C21H24FNO5/c1-27-19-6-5-14(11-23-8-7-18(24)17(12-23)21(25)26)10-20(19)28-13-15-3-2-4-16(22)9-15/h2-6,9-10,17-18,24H,7-8,11-13H2,1H3,(H,25,26). The molecule has 1 aliphatic heterocycles. The first-order valence-corrected chi connectivity index (χ1v) is 9.13. The first-order chi connectivity index (χ1) is 13.5. The number of likely N-dealkylation sites (tertiary alicyclic amines) is 1. The molecule has 0 amide bonds. The summed E-state index contributed by atoms with van der Waals surface area (Å²) in [6, 6.07) is 11.7. The number of rotatable bonds is 7. The Morgan fingerprint density at radius 3 is 2.75 bits per heavy atom. The van der Waals surface area contributed by atoms with Gasteiger partial charge in [0, 0.05) is 19.6 Å². The molecule has 0 aliphatic carbocycles. The van der Waals surface area contributed by atoms with Crippen LogP contribution in [-0.4, -0.2) is 47.4 Å². The summed E-state index contributed by atoms with van der Waals surface area (Å²) >= 11 is 0. The van der Waals surface area contributed by atoms with Crippen LogP contribution in [0.1, 0.15) is 17.5 Å². The fourth-order valence-corrected chi connectivity index (χ4v) is 3.37. The Kier molecular flexibility index (Phi) is 6.49. The Balaban J connectivity index is 1.69. The Hall–Kier alpha value is -2.64. The number of hydrogen-bond acceptors (Lipinski definition) is 5. The molecule has 1 fully saturated rings. The van der Waals surface area contributed by atoms with Gasteiger partial charge in [0.2, 0.25) is 0 Å². The fourth-order valence-electron chi connectivity index (χ4n) is 3.37. The lowest BCUT2D eigenvalue weighted by molar-refractivity contribution is -0.149.